The van der Waals surface area contributed by atoms with Crippen LogP contribution in [-0.2, 0) is 9.53 Å². The van der Waals surface area contributed by atoms with Crippen LogP contribution in [-0.4, -0.2) is 57.4 Å². The molecule has 1 aliphatic rings. The molecule has 4 atom stereocenters. The number of hydrogen-bond donors (Lipinski definition) is 4. The molecule has 0 spiro atoms. The maximum Gasteiger partial charge on any atom is 0.253 e. The average molecular weight is 178 g/mol. The molecule has 4 N–H and O–H groups in total. The van der Waals surface area contributed by atoms with E-state index in [-0.39, 0.29) is 6.29 Å². The van der Waals surface area contributed by atoms with Crippen LogP contribution >= 0.6 is 0 Å². The third kappa shape index (κ3) is 1.35. The summed E-state index contributed by atoms with van der Waals surface area (Å²) in [6.07, 6.45) is -4.71. The third-order valence-electron chi connectivity index (χ3n) is 1.80. The molecule has 1 unspecified atom stereocenters. The Hall–Kier alpha value is -0.530. The molecule has 1 fully saturated rings. The lowest BCUT2D eigenvalue weighted by atomic mass is 9.98. The topological polar surface area (TPSA) is 107 Å². The molecule has 0 amide bonds. The standard InChI is InChI=1S/C6H10O6/c7-2-6(11)5(10)4(9)3(8)1-12-6/h2-5,8-11H,1H2/t3-,4-,5+,6?/m1/s1. The van der Waals surface area contributed by atoms with E-state index in [2.05, 4.69) is 4.74 Å². The summed E-state index contributed by atoms with van der Waals surface area (Å²) in [4.78, 5) is 10.2. The lowest BCUT2D eigenvalue weighted by Crippen LogP contribution is -2.61. The minimum Gasteiger partial charge on any atom is -0.388 e. The Labute approximate surface area is 68.0 Å². The van der Waals surface area contributed by atoms with Crippen molar-refractivity contribution >= 4 is 6.29 Å². The van der Waals surface area contributed by atoms with Crippen LogP contribution in [0, 0.1) is 0 Å². The van der Waals surface area contributed by atoms with Crippen LogP contribution < -0.4 is 0 Å². The maximum atomic E-state index is 10.2. The quantitative estimate of drug-likeness (QED) is 0.318. The van der Waals surface area contributed by atoms with Gasteiger partial charge in [0.25, 0.3) is 5.79 Å². The fraction of sp³-hybridized carbons (Fsp3) is 0.833. The van der Waals surface area contributed by atoms with Crippen LogP contribution in [0.4, 0.5) is 0 Å². The lowest BCUT2D eigenvalue weighted by Gasteiger charge is -2.37. The van der Waals surface area contributed by atoms with Crippen molar-refractivity contribution in [2.75, 3.05) is 6.61 Å². The zero-order chi connectivity index (χ0) is 9.35. The molecular weight excluding hydrogens is 168 g/mol. The van der Waals surface area contributed by atoms with Gasteiger partial charge >= 0.3 is 0 Å². The number of rotatable bonds is 1. The van der Waals surface area contributed by atoms with Gasteiger partial charge in [-0.15, -0.1) is 0 Å². The highest BCUT2D eigenvalue weighted by molar-refractivity contribution is 5.61. The van der Waals surface area contributed by atoms with Crippen molar-refractivity contribution in [3.8, 4) is 0 Å². The second kappa shape index (κ2) is 3.08. The summed E-state index contributed by atoms with van der Waals surface area (Å²) < 4.78 is 4.44. The summed E-state index contributed by atoms with van der Waals surface area (Å²) in [6.45, 7) is -0.395. The lowest BCUT2D eigenvalue weighted by molar-refractivity contribution is -0.297. The molecule has 1 rings (SSSR count). The van der Waals surface area contributed by atoms with Crippen LogP contribution in [0.2, 0.25) is 0 Å². The van der Waals surface area contributed by atoms with Crippen molar-refractivity contribution in [2.24, 2.45) is 0 Å². The molecular formula is C6H10O6. The van der Waals surface area contributed by atoms with Crippen LogP contribution in [0.3, 0.4) is 0 Å². The molecule has 0 aromatic carbocycles. The Kier molecular flexibility index (Phi) is 2.45. The summed E-state index contributed by atoms with van der Waals surface area (Å²) >= 11 is 0. The van der Waals surface area contributed by atoms with E-state index in [1.54, 1.807) is 0 Å². The van der Waals surface area contributed by atoms with E-state index >= 15 is 0 Å². The van der Waals surface area contributed by atoms with Crippen molar-refractivity contribution in [1.29, 1.82) is 0 Å². The molecule has 70 valence electrons. The first-order valence-corrected chi connectivity index (χ1v) is 3.38. The van der Waals surface area contributed by atoms with Gasteiger partial charge in [0.15, 0.2) is 6.29 Å². The Morgan fingerprint density at radius 1 is 1.42 bits per heavy atom. The fourth-order valence-corrected chi connectivity index (χ4v) is 0.962. The molecule has 0 bridgehead atoms. The predicted molar refractivity (Wildman–Crippen MR) is 35.0 cm³/mol. The largest absolute Gasteiger partial charge is 0.388 e. The molecule has 12 heavy (non-hydrogen) atoms. The smallest absolute Gasteiger partial charge is 0.253 e. The highest BCUT2D eigenvalue weighted by Crippen LogP contribution is 2.21. The summed E-state index contributed by atoms with van der Waals surface area (Å²) in [6, 6.07) is 0. The second-order valence-electron chi connectivity index (χ2n) is 2.68. The highest BCUT2D eigenvalue weighted by Gasteiger charge is 2.48. The van der Waals surface area contributed by atoms with Gasteiger partial charge in [0, 0.05) is 0 Å². The van der Waals surface area contributed by atoms with Crippen LogP contribution in [0.1, 0.15) is 0 Å². The monoisotopic (exact) mass is 178 g/mol. The van der Waals surface area contributed by atoms with Crippen LogP contribution in [0.5, 0.6) is 0 Å². The maximum absolute atomic E-state index is 10.2. The number of hydrogen-bond acceptors (Lipinski definition) is 6. The minimum absolute atomic E-state index is 0.0211. The van der Waals surface area contributed by atoms with Gasteiger partial charge in [-0.3, -0.25) is 4.79 Å². The number of aldehydes is 1. The molecule has 1 saturated heterocycles. The highest BCUT2D eigenvalue weighted by atomic mass is 16.7. The predicted octanol–water partition coefficient (Wildman–Crippen LogP) is -3.01. The molecule has 0 aromatic rings. The van der Waals surface area contributed by atoms with Gasteiger partial charge in [-0.05, 0) is 0 Å². The third-order valence-corrected chi connectivity index (χ3v) is 1.80. The van der Waals surface area contributed by atoms with Crippen LogP contribution in [0.25, 0.3) is 0 Å². The number of carbonyl (C=O) groups excluding carboxylic acids is 1. The average Bonchev–Trinajstić information content (AvgIpc) is 2.09. The normalized spacial score (nSPS) is 48.8. The molecule has 0 saturated carbocycles. The zero-order valence-corrected chi connectivity index (χ0v) is 6.12. The number of aliphatic hydroxyl groups is 4. The molecule has 0 aromatic heterocycles. The summed E-state index contributed by atoms with van der Waals surface area (Å²) in [5.74, 6) is -2.40. The van der Waals surface area contributed by atoms with Gasteiger partial charge in [-0.1, -0.05) is 0 Å². The SMILES string of the molecule is O=CC1(O)OC[C@@H](O)[C@@H](O)[C@@H]1O. The number of aliphatic hydroxyl groups excluding tert-OH is 3. The first-order valence-electron chi connectivity index (χ1n) is 3.38. The van der Waals surface area contributed by atoms with E-state index in [1.807, 2.05) is 0 Å². The molecule has 6 heteroatoms. The molecule has 0 aliphatic carbocycles. The number of ether oxygens (including phenoxy) is 1. The van der Waals surface area contributed by atoms with Gasteiger partial charge in [-0.2, -0.15) is 0 Å². The van der Waals surface area contributed by atoms with E-state index in [4.69, 9.17) is 20.4 Å². The Bertz CT molecular complexity index is 183. The van der Waals surface area contributed by atoms with E-state index in [1.165, 1.54) is 0 Å². The van der Waals surface area contributed by atoms with E-state index < -0.39 is 30.7 Å². The Balaban J connectivity index is 2.77. The Morgan fingerprint density at radius 3 is 2.50 bits per heavy atom. The van der Waals surface area contributed by atoms with Gasteiger partial charge in [0.05, 0.1) is 6.61 Å². The number of carbonyl (C=O) groups is 1. The van der Waals surface area contributed by atoms with Gasteiger partial charge in [0.1, 0.15) is 18.3 Å². The van der Waals surface area contributed by atoms with Gasteiger partial charge in [-0.25, -0.2) is 0 Å². The van der Waals surface area contributed by atoms with Crippen molar-refractivity contribution in [1.82, 2.24) is 0 Å². The van der Waals surface area contributed by atoms with Crippen molar-refractivity contribution < 1.29 is 30.0 Å². The molecule has 1 aliphatic heterocycles. The molecule has 6 nitrogen and oxygen atoms in total. The zero-order valence-electron chi connectivity index (χ0n) is 6.12. The van der Waals surface area contributed by atoms with E-state index in [0.29, 0.717) is 0 Å². The minimum atomic E-state index is -2.40. The van der Waals surface area contributed by atoms with Crippen molar-refractivity contribution in [2.45, 2.75) is 24.1 Å². The van der Waals surface area contributed by atoms with Gasteiger partial charge < -0.3 is 25.2 Å². The summed E-state index contributed by atoms with van der Waals surface area (Å²) in [7, 11) is 0. The van der Waals surface area contributed by atoms with E-state index in [9.17, 15) is 4.79 Å². The van der Waals surface area contributed by atoms with Gasteiger partial charge in [0.2, 0.25) is 0 Å². The molecule has 0 radical (unpaired) electrons. The second-order valence-corrected chi connectivity index (χ2v) is 2.68. The first-order chi connectivity index (χ1) is 5.51. The molecule has 1 heterocycles. The van der Waals surface area contributed by atoms with Crippen LogP contribution in [0.15, 0.2) is 0 Å². The Morgan fingerprint density at radius 2 is 2.00 bits per heavy atom. The fourth-order valence-electron chi connectivity index (χ4n) is 0.962. The summed E-state index contributed by atoms with van der Waals surface area (Å²) in [5, 5.41) is 36.1. The first kappa shape index (κ1) is 9.56. The summed E-state index contributed by atoms with van der Waals surface area (Å²) in [5.41, 5.74) is 0. The van der Waals surface area contributed by atoms with Crippen molar-refractivity contribution in [3.05, 3.63) is 0 Å². The van der Waals surface area contributed by atoms with Crippen molar-refractivity contribution in [3.63, 3.8) is 0 Å². The van der Waals surface area contributed by atoms with E-state index in [0.717, 1.165) is 0 Å².